The predicted molar refractivity (Wildman–Crippen MR) is 111 cm³/mol. The van der Waals surface area contributed by atoms with Gasteiger partial charge in [-0.1, -0.05) is 12.1 Å². The van der Waals surface area contributed by atoms with Gasteiger partial charge >= 0.3 is 0 Å². The van der Waals surface area contributed by atoms with Crippen LogP contribution in [0.15, 0.2) is 29.3 Å². The van der Waals surface area contributed by atoms with Crippen LogP contribution in [0.5, 0.6) is 5.75 Å². The Hall–Kier alpha value is -2.77. The molecule has 3 N–H and O–H groups in total. The van der Waals surface area contributed by atoms with E-state index in [4.69, 9.17) is 4.74 Å². The van der Waals surface area contributed by atoms with Gasteiger partial charge in [-0.2, -0.15) is 0 Å². The molecule has 0 bridgehead atoms. The van der Waals surface area contributed by atoms with Gasteiger partial charge in [0.05, 0.1) is 13.1 Å². The lowest BCUT2D eigenvalue weighted by molar-refractivity contribution is -0.130. The first kappa shape index (κ1) is 23.3. The van der Waals surface area contributed by atoms with E-state index in [9.17, 15) is 9.59 Å². The molecule has 8 heteroatoms. The highest BCUT2D eigenvalue weighted by atomic mass is 16.5. The summed E-state index contributed by atoms with van der Waals surface area (Å²) in [7, 11) is 3.38. The second-order valence-electron chi connectivity index (χ2n) is 7.57. The Balaban J connectivity index is 2.65. The summed E-state index contributed by atoms with van der Waals surface area (Å²) >= 11 is 0. The van der Waals surface area contributed by atoms with Crippen molar-refractivity contribution >= 4 is 17.8 Å². The highest BCUT2D eigenvalue weighted by Gasteiger charge is 2.13. The lowest BCUT2D eigenvalue weighted by Crippen LogP contribution is -2.48. The van der Waals surface area contributed by atoms with Gasteiger partial charge in [-0.25, -0.2) is 4.99 Å². The molecule has 1 aromatic rings. The van der Waals surface area contributed by atoms with Gasteiger partial charge in [0.1, 0.15) is 5.75 Å². The van der Waals surface area contributed by atoms with Crippen molar-refractivity contribution in [3.63, 3.8) is 0 Å². The van der Waals surface area contributed by atoms with E-state index in [1.165, 1.54) is 4.90 Å². The molecular weight excluding hydrogens is 358 g/mol. The molecule has 0 fully saturated rings. The number of amides is 2. The molecule has 1 rings (SSSR count). The van der Waals surface area contributed by atoms with Gasteiger partial charge in [0.15, 0.2) is 12.6 Å². The van der Waals surface area contributed by atoms with Gasteiger partial charge < -0.3 is 25.6 Å². The van der Waals surface area contributed by atoms with Crippen LogP contribution in [0, 0.1) is 0 Å². The van der Waals surface area contributed by atoms with Crippen molar-refractivity contribution in [3.05, 3.63) is 29.8 Å². The van der Waals surface area contributed by atoms with Crippen LogP contribution in [0.4, 0.5) is 0 Å². The highest BCUT2D eigenvalue weighted by molar-refractivity contribution is 5.86. The third-order valence-electron chi connectivity index (χ3n) is 3.45. The van der Waals surface area contributed by atoms with Crippen molar-refractivity contribution in [1.82, 2.24) is 20.9 Å². The molecule has 156 valence electrons. The molecule has 0 heterocycles. The molecule has 2 amide bonds. The molecular formula is C20H33N5O3. The average Bonchev–Trinajstić information content (AvgIpc) is 2.60. The largest absolute Gasteiger partial charge is 0.484 e. The first-order chi connectivity index (χ1) is 13.1. The minimum absolute atomic E-state index is 0.00714. The van der Waals surface area contributed by atoms with Gasteiger partial charge in [-0.05, 0) is 45.4 Å². The maximum Gasteiger partial charge on any atom is 0.259 e. The van der Waals surface area contributed by atoms with Gasteiger partial charge in [-0.3, -0.25) is 9.59 Å². The zero-order valence-electron chi connectivity index (χ0n) is 17.8. The predicted octanol–water partition coefficient (Wildman–Crippen LogP) is 1.12. The normalized spacial score (nSPS) is 11.6. The number of likely N-dealkylation sites (N-methyl/N-ethyl adjacent to an activating group) is 1. The number of rotatable bonds is 8. The third-order valence-corrected chi connectivity index (χ3v) is 3.45. The van der Waals surface area contributed by atoms with Crippen molar-refractivity contribution in [1.29, 1.82) is 0 Å². The van der Waals surface area contributed by atoms with E-state index in [0.717, 1.165) is 5.56 Å². The molecule has 0 aromatic heterocycles. The lowest BCUT2D eigenvalue weighted by Gasteiger charge is -2.21. The van der Waals surface area contributed by atoms with Crippen molar-refractivity contribution in [2.24, 2.45) is 4.99 Å². The summed E-state index contributed by atoms with van der Waals surface area (Å²) in [6, 6.07) is 7.44. The zero-order valence-corrected chi connectivity index (χ0v) is 17.8. The Morgan fingerprint density at radius 2 is 1.89 bits per heavy atom. The number of ether oxygens (including phenoxy) is 1. The fourth-order valence-corrected chi connectivity index (χ4v) is 2.15. The molecule has 0 unspecified atom stereocenters. The van der Waals surface area contributed by atoms with E-state index in [2.05, 4.69) is 20.9 Å². The third kappa shape index (κ3) is 9.80. The van der Waals surface area contributed by atoms with Crippen LogP contribution in [0.25, 0.3) is 0 Å². The van der Waals surface area contributed by atoms with Crippen LogP contribution < -0.4 is 20.7 Å². The second kappa shape index (κ2) is 11.2. The molecule has 0 saturated heterocycles. The molecule has 0 aliphatic carbocycles. The minimum Gasteiger partial charge on any atom is -0.484 e. The highest BCUT2D eigenvalue weighted by Crippen LogP contribution is 2.14. The van der Waals surface area contributed by atoms with Crippen molar-refractivity contribution in [2.45, 2.75) is 39.8 Å². The maximum atomic E-state index is 12.0. The quantitative estimate of drug-likeness (QED) is 0.456. The Morgan fingerprint density at radius 1 is 1.18 bits per heavy atom. The second-order valence-corrected chi connectivity index (χ2v) is 7.57. The summed E-state index contributed by atoms with van der Waals surface area (Å²) in [4.78, 5) is 29.6. The molecule has 0 atom stereocenters. The molecule has 0 aliphatic rings. The molecule has 0 spiro atoms. The van der Waals surface area contributed by atoms with E-state index in [0.29, 0.717) is 24.8 Å². The monoisotopic (exact) mass is 391 g/mol. The van der Waals surface area contributed by atoms with Gasteiger partial charge in [0.2, 0.25) is 5.91 Å². The maximum absolute atomic E-state index is 12.0. The Bertz CT molecular complexity index is 681. The van der Waals surface area contributed by atoms with E-state index < -0.39 is 0 Å². The topological polar surface area (TPSA) is 95.1 Å². The molecule has 8 nitrogen and oxygen atoms in total. The van der Waals surface area contributed by atoms with E-state index in [1.54, 1.807) is 20.2 Å². The van der Waals surface area contributed by atoms with E-state index >= 15 is 0 Å². The van der Waals surface area contributed by atoms with Gasteiger partial charge in [0.25, 0.3) is 5.91 Å². The van der Waals surface area contributed by atoms with Crippen molar-refractivity contribution in [2.75, 3.05) is 33.8 Å². The van der Waals surface area contributed by atoms with Crippen LogP contribution in [0.1, 0.15) is 33.3 Å². The minimum atomic E-state index is -0.275. The number of hydrogen-bond acceptors (Lipinski definition) is 4. The Labute approximate surface area is 167 Å². The van der Waals surface area contributed by atoms with E-state index in [1.807, 2.05) is 45.9 Å². The number of hydrogen-bond donors (Lipinski definition) is 3. The number of nitrogens with one attached hydrogen (secondary N) is 3. The zero-order chi connectivity index (χ0) is 21.2. The van der Waals surface area contributed by atoms with Crippen LogP contribution in [0.2, 0.25) is 0 Å². The first-order valence-corrected chi connectivity index (χ1v) is 9.36. The van der Waals surface area contributed by atoms with Crippen LogP contribution in [-0.2, 0) is 16.1 Å². The molecule has 1 aromatic carbocycles. The van der Waals surface area contributed by atoms with Crippen LogP contribution in [0.3, 0.4) is 0 Å². The van der Waals surface area contributed by atoms with E-state index in [-0.39, 0.29) is 30.5 Å². The van der Waals surface area contributed by atoms with Gasteiger partial charge in [-0.15, -0.1) is 0 Å². The van der Waals surface area contributed by atoms with Crippen LogP contribution >= 0.6 is 0 Å². The molecule has 0 aliphatic heterocycles. The summed E-state index contributed by atoms with van der Waals surface area (Å²) < 4.78 is 5.53. The molecule has 28 heavy (non-hydrogen) atoms. The lowest BCUT2D eigenvalue weighted by atomic mass is 10.1. The fraction of sp³-hybridized carbons (Fsp3) is 0.550. The number of carbonyl (C=O) groups excluding carboxylic acids is 2. The summed E-state index contributed by atoms with van der Waals surface area (Å²) in [5, 5.41) is 9.04. The summed E-state index contributed by atoms with van der Waals surface area (Å²) in [5.41, 5.74) is 0.661. The van der Waals surface area contributed by atoms with Crippen LogP contribution in [-0.4, -0.2) is 62.0 Å². The SMILES string of the molecule is CCNC(=NCc1cccc(OCC(=O)N(C)C)c1)NCC(=O)NC(C)(C)C. The van der Waals surface area contributed by atoms with Gasteiger partial charge in [0, 0.05) is 26.2 Å². The summed E-state index contributed by atoms with van der Waals surface area (Å²) in [5.74, 6) is 0.973. The number of benzene rings is 1. The molecule has 0 saturated carbocycles. The smallest absolute Gasteiger partial charge is 0.259 e. The molecule has 0 radical (unpaired) electrons. The number of aliphatic imine (C=N–C) groups is 1. The summed E-state index contributed by atoms with van der Waals surface area (Å²) in [6.45, 7) is 8.99. The summed E-state index contributed by atoms with van der Waals surface area (Å²) in [6.07, 6.45) is 0. The Kier molecular flexibility index (Phi) is 9.27. The fourth-order valence-electron chi connectivity index (χ4n) is 2.15. The number of carbonyl (C=O) groups is 2. The number of nitrogens with zero attached hydrogens (tertiary/aromatic N) is 2. The first-order valence-electron chi connectivity index (χ1n) is 9.36. The standard InChI is InChI=1S/C20H33N5O3/c1-7-21-19(23-13-17(26)24-20(2,3)4)22-12-15-9-8-10-16(11-15)28-14-18(27)25(5)6/h8-11H,7,12-14H2,1-6H3,(H,24,26)(H2,21,22,23). The Morgan fingerprint density at radius 3 is 2.50 bits per heavy atom. The van der Waals surface area contributed by atoms with Crippen molar-refractivity contribution in [3.8, 4) is 5.75 Å². The number of guanidine groups is 1. The van der Waals surface area contributed by atoms with Crippen molar-refractivity contribution < 1.29 is 14.3 Å². The average molecular weight is 392 g/mol.